The summed E-state index contributed by atoms with van der Waals surface area (Å²) >= 11 is 0. The van der Waals surface area contributed by atoms with Crippen LogP contribution in [0.5, 0.6) is 0 Å². The first kappa shape index (κ1) is 22.4. The van der Waals surface area contributed by atoms with E-state index in [-0.39, 0.29) is 36.2 Å². The van der Waals surface area contributed by atoms with Gasteiger partial charge in [0.15, 0.2) is 0 Å². The van der Waals surface area contributed by atoms with Crippen molar-refractivity contribution in [3.05, 3.63) is 35.4 Å². The second-order valence-corrected chi connectivity index (χ2v) is 6.21. The van der Waals surface area contributed by atoms with E-state index in [9.17, 15) is 9.59 Å². The lowest BCUT2D eigenvalue weighted by Crippen LogP contribution is -2.38. The first-order valence-corrected chi connectivity index (χ1v) is 8.20. The van der Waals surface area contributed by atoms with Gasteiger partial charge in [-0.1, -0.05) is 32.9 Å². The molecule has 0 aliphatic rings. The van der Waals surface area contributed by atoms with Crippen molar-refractivity contribution in [1.82, 2.24) is 15.5 Å². The zero-order chi connectivity index (χ0) is 17.4. The molecule has 0 aliphatic carbocycles. The zero-order valence-electron chi connectivity index (χ0n) is 15.3. The average molecular weight is 356 g/mol. The van der Waals surface area contributed by atoms with Crippen molar-refractivity contribution in [2.75, 3.05) is 20.1 Å². The number of nitrogens with one attached hydrogen (secondary N) is 2. The number of nitrogens with zero attached hydrogens (tertiary/aromatic N) is 1. The Morgan fingerprint density at radius 3 is 2.21 bits per heavy atom. The predicted octanol–water partition coefficient (Wildman–Crippen LogP) is 2.45. The maximum atomic E-state index is 12.1. The first-order valence-electron chi connectivity index (χ1n) is 8.20. The van der Waals surface area contributed by atoms with E-state index in [0.29, 0.717) is 18.7 Å². The molecule has 0 saturated carbocycles. The van der Waals surface area contributed by atoms with Crippen LogP contribution in [0.3, 0.4) is 0 Å². The Hall–Kier alpha value is -1.59. The number of carbonyl (C=O) groups is 2. The van der Waals surface area contributed by atoms with E-state index >= 15 is 0 Å². The summed E-state index contributed by atoms with van der Waals surface area (Å²) in [5.41, 5.74) is 1.65. The van der Waals surface area contributed by atoms with Crippen LogP contribution >= 0.6 is 12.4 Å². The van der Waals surface area contributed by atoms with Gasteiger partial charge < -0.3 is 15.5 Å². The number of hydrogen-bond donors (Lipinski definition) is 2. The minimum Gasteiger partial charge on any atom is -0.350 e. The minimum absolute atomic E-state index is 0. The lowest BCUT2D eigenvalue weighted by Gasteiger charge is -2.19. The second-order valence-electron chi connectivity index (χ2n) is 6.21. The first-order chi connectivity index (χ1) is 10.8. The smallest absolute Gasteiger partial charge is 0.251 e. The Labute approximate surface area is 151 Å². The molecule has 1 aromatic carbocycles. The molecule has 136 valence electrons. The summed E-state index contributed by atoms with van der Waals surface area (Å²) in [5.74, 6) is 0.0286. The third-order valence-corrected chi connectivity index (χ3v) is 3.63. The number of rotatable bonds is 8. The van der Waals surface area contributed by atoms with Crippen LogP contribution in [0.1, 0.15) is 43.6 Å². The fourth-order valence-corrected chi connectivity index (χ4v) is 2.32. The molecule has 1 rings (SSSR count). The maximum absolute atomic E-state index is 12.1. The predicted molar refractivity (Wildman–Crippen MR) is 100 cm³/mol. The van der Waals surface area contributed by atoms with E-state index in [1.165, 1.54) is 0 Å². The monoisotopic (exact) mass is 355 g/mol. The lowest BCUT2D eigenvalue weighted by atomic mass is 10.1. The van der Waals surface area contributed by atoms with Crippen molar-refractivity contribution in [1.29, 1.82) is 0 Å². The van der Waals surface area contributed by atoms with Gasteiger partial charge in [-0.2, -0.15) is 0 Å². The van der Waals surface area contributed by atoms with Crippen LogP contribution in [-0.4, -0.2) is 42.9 Å². The molecule has 0 heterocycles. The third-order valence-electron chi connectivity index (χ3n) is 3.63. The summed E-state index contributed by atoms with van der Waals surface area (Å²) in [5, 5.41) is 6.16. The summed E-state index contributed by atoms with van der Waals surface area (Å²) in [6, 6.07) is 7.64. The Morgan fingerprint density at radius 1 is 1.12 bits per heavy atom. The Bertz CT molecular complexity index is 518. The number of benzene rings is 1. The topological polar surface area (TPSA) is 61.4 Å². The quantitative estimate of drug-likeness (QED) is 0.753. The molecule has 0 fully saturated rings. The Morgan fingerprint density at radius 2 is 1.71 bits per heavy atom. The third kappa shape index (κ3) is 7.32. The van der Waals surface area contributed by atoms with E-state index < -0.39 is 0 Å². The van der Waals surface area contributed by atoms with Gasteiger partial charge in [0, 0.05) is 37.7 Å². The molecule has 1 aromatic rings. The average Bonchev–Trinajstić information content (AvgIpc) is 2.52. The van der Waals surface area contributed by atoms with Crippen LogP contribution < -0.4 is 10.6 Å². The molecule has 0 bridgehead atoms. The molecule has 0 radical (unpaired) electrons. The number of hydrogen-bond acceptors (Lipinski definition) is 3. The van der Waals surface area contributed by atoms with E-state index in [4.69, 9.17) is 0 Å². The van der Waals surface area contributed by atoms with Gasteiger partial charge in [0.1, 0.15) is 0 Å². The van der Waals surface area contributed by atoms with Crippen LogP contribution in [-0.2, 0) is 11.3 Å². The van der Waals surface area contributed by atoms with Crippen molar-refractivity contribution >= 4 is 24.2 Å². The summed E-state index contributed by atoms with van der Waals surface area (Å²) < 4.78 is 0. The van der Waals surface area contributed by atoms with E-state index in [2.05, 4.69) is 10.6 Å². The zero-order valence-corrected chi connectivity index (χ0v) is 16.1. The summed E-state index contributed by atoms with van der Waals surface area (Å²) in [4.78, 5) is 25.7. The van der Waals surface area contributed by atoms with E-state index in [0.717, 1.165) is 12.1 Å². The van der Waals surface area contributed by atoms with Crippen molar-refractivity contribution in [3.8, 4) is 0 Å². The van der Waals surface area contributed by atoms with Crippen LogP contribution in [0.2, 0.25) is 0 Å². The number of halogens is 1. The fourth-order valence-electron chi connectivity index (χ4n) is 2.32. The number of amides is 2. The highest BCUT2D eigenvalue weighted by atomic mass is 35.5. The van der Waals surface area contributed by atoms with Gasteiger partial charge in [-0.15, -0.1) is 12.4 Å². The van der Waals surface area contributed by atoms with Crippen molar-refractivity contribution < 1.29 is 9.59 Å². The summed E-state index contributed by atoms with van der Waals surface area (Å²) in [7, 11) is 1.80. The highest BCUT2D eigenvalue weighted by Crippen LogP contribution is 2.09. The van der Waals surface area contributed by atoms with Gasteiger partial charge in [0.2, 0.25) is 5.91 Å². The van der Waals surface area contributed by atoms with Crippen LogP contribution in [0.15, 0.2) is 24.3 Å². The standard InChI is InChI=1S/C18H29N3O2.ClH/c1-6-19-14(4)11-20-17(22)16-9-7-15(8-10-16)12-21(5)18(23)13(2)3;/h7-10,13-14,19H,6,11-12H2,1-5H3,(H,20,22);1H/t14-;/m1./s1. The molecule has 2 N–H and O–H groups in total. The lowest BCUT2D eigenvalue weighted by molar-refractivity contribution is -0.133. The molecule has 0 spiro atoms. The largest absolute Gasteiger partial charge is 0.350 e. The van der Waals surface area contributed by atoms with Crippen LogP contribution in [0.25, 0.3) is 0 Å². The molecule has 1 atom stereocenters. The molecular formula is C18H30ClN3O2. The molecule has 5 nitrogen and oxygen atoms in total. The van der Waals surface area contributed by atoms with Crippen molar-refractivity contribution in [2.45, 2.75) is 40.3 Å². The SMILES string of the molecule is CCN[C@H](C)CNC(=O)c1ccc(CN(C)C(=O)C(C)C)cc1.Cl. The second kappa shape index (κ2) is 11.0. The molecular weight excluding hydrogens is 326 g/mol. The van der Waals surface area contributed by atoms with Gasteiger partial charge in [-0.05, 0) is 31.2 Å². The molecule has 0 aromatic heterocycles. The molecule has 0 aliphatic heterocycles. The maximum Gasteiger partial charge on any atom is 0.251 e. The van der Waals surface area contributed by atoms with Gasteiger partial charge >= 0.3 is 0 Å². The molecule has 2 amide bonds. The summed E-state index contributed by atoms with van der Waals surface area (Å²) in [6.45, 7) is 9.89. The van der Waals surface area contributed by atoms with Crippen LogP contribution in [0.4, 0.5) is 0 Å². The summed E-state index contributed by atoms with van der Waals surface area (Å²) in [6.07, 6.45) is 0. The van der Waals surface area contributed by atoms with Crippen molar-refractivity contribution in [3.63, 3.8) is 0 Å². The van der Waals surface area contributed by atoms with Gasteiger partial charge in [0.05, 0.1) is 0 Å². The van der Waals surface area contributed by atoms with E-state index in [1.54, 1.807) is 24.1 Å². The molecule has 0 saturated heterocycles. The highest BCUT2D eigenvalue weighted by Gasteiger charge is 2.13. The Kier molecular flexibility index (Phi) is 10.3. The Balaban J connectivity index is 0.00000529. The van der Waals surface area contributed by atoms with Crippen molar-refractivity contribution in [2.24, 2.45) is 5.92 Å². The van der Waals surface area contributed by atoms with E-state index in [1.807, 2.05) is 39.8 Å². The molecule has 6 heteroatoms. The molecule has 0 unspecified atom stereocenters. The number of carbonyl (C=O) groups excluding carboxylic acids is 2. The number of likely N-dealkylation sites (N-methyl/N-ethyl adjacent to an activating group) is 1. The highest BCUT2D eigenvalue weighted by molar-refractivity contribution is 5.94. The molecule has 24 heavy (non-hydrogen) atoms. The van der Waals surface area contributed by atoms with Gasteiger partial charge in [-0.25, -0.2) is 0 Å². The van der Waals surface area contributed by atoms with Gasteiger partial charge in [0.25, 0.3) is 5.91 Å². The normalized spacial score (nSPS) is 11.6. The van der Waals surface area contributed by atoms with Crippen LogP contribution in [0, 0.1) is 5.92 Å². The fraction of sp³-hybridized carbons (Fsp3) is 0.556. The minimum atomic E-state index is -0.0760. The van der Waals surface area contributed by atoms with Gasteiger partial charge in [-0.3, -0.25) is 9.59 Å².